The molecule has 0 spiro atoms. The van der Waals surface area contributed by atoms with E-state index in [2.05, 4.69) is 0 Å². The van der Waals surface area contributed by atoms with Gasteiger partial charge in [0.1, 0.15) is 0 Å². The Morgan fingerprint density at radius 3 is 2.54 bits per heavy atom. The van der Waals surface area contributed by atoms with Gasteiger partial charge in [0.2, 0.25) is 0 Å². The normalized spacial score (nSPS) is 20.8. The Bertz CT molecular complexity index is 119. The van der Waals surface area contributed by atoms with Gasteiger partial charge in [0, 0.05) is 0 Å². The zero-order valence-electron chi connectivity index (χ0n) is 8.37. The van der Waals surface area contributed by atoms with Gasteiger partial charge in [-0.05, 0) is 26.2 Å². The van der Waals surface area contributed by atoms with Crippen LogP contribution < -0.4 is 0 Å². The molecule has 1 fully saturated rings. The molecule has 1 heterocycles. The molecule has 0 amide bonds. The number of ether oxygens (including phenoxy) is 2. The number of aliphatic hydroxyl groups is 1. The Balaban J connectivity index is 1.83. The van der Waals surface area contributed by atoms with Gasteiger partial charge in [0.15, 0.2) is 6.29 Å². The van der Waals surface area contributed by atoms with E-state index in [0.29, 0.717) is 0 Å². The molecule has 1 aliphatic heterocycles. The van der Waals surface area contributed by atoms with Gasteiger partial charge in [-0.2, -0.15) is 0 Å². The van der Waals surface area contributed by atoms with E-state index in [4.69, 9.17) is 14.6 Å². The SMILES string of the molecule is C[C@@H](O)CCCCCC1OCCO1. The molecule has 3 heteroatoms. The molecule has 3 nitrogen and oxygen atoms in total. The van der Waals surface area contributed by atoms with E-state index in [1.807, 2.05) is 6.92 Å². The van der Waals surface area contributed by atoms with E-state index < -0.39 is 0 Å². The molecule has 1 saturated heterocycles. The highest BCUT2D eigenvalue weighted by atomic mass is 16.7. The van der Waals surface area contributed by atoms with Crippen molar-refractivity contribution in [1.29, 1.82) is 0 Å². The van der Waals surface area contributed by atoms with Crippen molar-refractivity contribution in [3.8, 4) is 0 Å². The summed E-state index contributed by atoms with van der Waals surface area (Å²) in [5.74, 6) is 0. The van der Waals surface area contributed by atoms with Crippen molar-refractivity contribution in [1.82, 2.24) is 0 Å². The summed E-state index contributed by atoms with van der Waals surface area (Å²) >= 11 is 0. The Hall–Kier alpha value is -0.120. The minimum Gasteiger partial charge on any atom is -0.393 e. The molecule has 0 saturated carbocycles. The third kappa shape index (κ3) is 5.24. The van der Waals surface area contributed by atoms with Crippen molar-refractivity contribution < 1.29 is 14.6 Å². The molecule has 1 N–H and O–H groups in total. The molecule has 0 radical (unpaired) electrons. The first kappa shape index (κ1) is 11.0. The summed E-state index contributed by atoms with van der Waals surface area (Å²) in [5, 5.41) is 9.01. The van der Waals surface area contributed by atoms with Crippen LogP contribution in [0.4, 0.5) is 0 Å². The predicted molar refractivity (Wildman–Crippen MR) is 50.5 cm³/mol. The molecule has 0 aromatic rings. The number of hydrogen-bond donors (Lipinski definition) is 1. The van der Waals surface area contributed by atoms with Gasteiger partial charge < -0.3 is 14.6 Å². The topological polar surface area (TPSA) is 38.7 Å². The first-order valence-electron chi connectivity index (χ1n) is 5.20. The second-order valence-electron chi connectivity index (χ2n) is 3.66. The smallest absolute Gasteiger partial charge is 0.157 e. The van der Waals surface area contributed by atoms with Crippen LogP contribution in [0.3, 0.4) is 0 Å². The van der Waals surface area contributed by atoms with E-state index in [9.17, 15) is 0 Å². The summed E-state index contributed by atoms with van der Waals surface area (Å²) in [6.07, 6.45) is 5.20. The highest BCUT2D eigenvalue weighted by molar-refractivity contribution is 4.54. The first-order chi connectivity index (χ1) is 6.29. The summed E-state index contributed by atoms with van der Waals surface area (Å²) in [7, 11) is 0. The van der Waals surface area contributed by atoms with E-state index >= 15 is 0 Å². The number of rotatable bonds is 6. The van der Waals surface area contributed by atoms with Crippen LogP contribution in [0.2, 0.25) is 0 Å². The number of hydrogen-bond acceptors (Lipinski definition) is 3. The van der Waals surface area contributed by atoms with E-state index in [1.54, 1.807) is 0 Å². The summed E-state index contributed by atoms with van der Waals surface area (Å²) in [6.45, 7) is 3.33. The van der Waals surface area contributed by atoms with Gasteiger partial charge in [-0.15, -0.1) is 0 Å². The van der Waals surface area contributed by atoms with Gasteiger partial charge in [0.05, 0.1) is 19.3 Å². The quantitative estimate of drug-likeness (QED) is 0.645. The van der Waals surface area contributed by atoms with Crippen LogP contribution in [-0.4, -0.2) is 30.7 Å². The van der Waals surface area contributed by atoms with Crippen molar-refractivity contribution in [3.05, 3.63) is 0 Å². The number of aliphatic hydroxyl groups excluding tert-OH is 1. The Labute approximate surface area is 80.0 Å². The van der Waals surface area contributed by atoms with Gasteiger partial charge in [-0.3, -0.25) is 0 Å². The van der Waals surface area contributed by atoms with Gasteiger partial charge >= 0.3 is 0 Å². The fourth-order valence-electron chi connectivity index (χ4n) is 1.50. The molecule has 1 atom stereocenters. The maximum Gasteiger partial charge on any atom is 0.157 e. The van der Waals surface area contributed by atoms with Crippen molar-refractivity contribution in [2.24, 2.45) is 0 Å². The Morgan fingerprint density at radius 2 is 1.92 bits per heavy atom. The average Bonchev–Trinajstić information content (AvgIpc) is 2.55. The standard InChI is InChI=1S/C10H20O3/c1-9(11)5-3-2-4-6-10-12-7-8-13-10/h9-11H,2-8H2,1H3/t9-/m1/s1. The van der Waals surface area contributed by atoms with E-state index in [0.717, 1.165) is 45.3 Å². The molecule has 1 rings (SSSR count). The minimum absolute atomic E-state index is 0.0477. The van der Waals surface area contributed by atoms with Crippen LogP contribution in [0.5, 0.6) is 0 Å². The second-order valence-corrected chi connectivity index (χ2v) is 3.66. The lowest BCUT2D eigenvalue weighted by Gasteiger charge is -2.08. The second kappa shape index (κ2) is 6.35. The van der Waals surface area contributed by atoms with Crippen molar-refractivity contribution in [2.75, 3.05) is 13.2 Å². The molecule has 1 aliphatic rings. The van der Waals surface area contributed by atoms with Crippen LogP contribution in [0.15, 0.2) is 0 Å². The van der Waals surface area contributed by atoms with Gasteiger partial charge in [-0.1, -0.05) is 12.8 Å². The van der Waals surface area contributed by atoms with Crippen LogP contribution >= 0.6 is 0 Å². The van der Waals surface area contributed by atoms with Crippen LogP contribution in [0, 0.1) is 0 Å². The van der Waals surface area contributed by atoms with Crippen molar-refractivity contribution in [3.63, 3.8) is 0 Å². The lowest BCUT2D eigenvalue weighted by molar-refractivity contribution is -0.0480. The fraction of sp³-hybridized carbons (Fsp3) is 1.00. The molecule has 13 heavy (non-hydrogen) atoms. The highest BCUT2D eigenvalue weighted by Gasteiger charge is 2.14. The predicted octanol–water partition coefficient (Wildman–Crippen LogP) is 1.69. The van der Waals surface area contributed by atoms with Crippen LogP contribution in [0.25, 0.3) is 0 Å². The zero-order valence-corrected chi connectivity index (χ0v) is 8.37. The van der Waals surface area contributed by atoms with Crippen LogP contribution in [0.1, 0.15) is 39.0 Å². The third-order valence-electron chi connectivity index (χ3n) is 2.25. The van der Waals surface area contributed by atoms with Crippen molar-refractivity contribution >= 4 is 0 Å². The maximum absolute atomic E-state index is 9.01. The van der Waals surface area contributed by atoms with E-state index in [-0.39, 0.29) is 12.4 Å². The average molecular weight is 188 g/mol. The van der Waals surface area contributed by atoms with E-state index in [1.165, 1.54) is 0 Å². The highest BCUT2D eigenvalue weighted by Crippen LogP contribution is 2.13. The Morgan fingerprint density at radius 1 is 1.23 bits per heavy atom. The third-order valence-corrected chi connectivity index (χ3v) is 2.25. The molecular formula is C10H20O3. The summed E-state index contributed by atoms with van der Waals surface area (Å²) in [6, 6.07) is 0. The molecule has 0 aromatic heterocycles. The molecule has 0 bridgehead atoms. The Kier molecular flexibility index (Phi) is 5.35. The van der Waals surface area contributed by atoms with Gasteiger partial charge in [-0.25, -0.2) is 0 Å². The molecular weight excluding hydrogens is 168 g/mol. The molecule has 0 aromatic carbocycles. The van der Waals surface area contributed by atoms with Gasteiger partial charge in [0.25, 0.3) is 0 Å². The molecule has 78 valence electrons. The monoisotopic (exact) mass is 188 g/mol. The first-order valence-corrected chi connectivity index (χ1v) is 5.20. The minimum atomic E-state index is -0.154. The lowest BCUT2D eigenvalue weighted by atomic mass is 10.1. The number of unbranched alkanes of at least 4 members (excludes halogenated alkanes) is 2. The maximum atomic E-state index is 9.01. The summed E-state index contributed by atoms with van der Waals surface area (Å²) in [5.41, 5.74) is 0. The fourth-order valence-corrected chi connectivity index (χ4v) is 1.50. The molecule has 0 unspecified atom stereocenters. The lowest BCUT2D eigenvalue weighted by Crippen LogP contribution is -2.07. The zero-order chi connectivity index (χ0) is 9.52. The molecule has 0 aliphatic carbocycles. The van der Waals surface area contributed by atoms with Crippen molar-refractivity contribution in [2.45, 2.75) is 51.4 Å². The van der Waals surface area contributed by atoms with Crippen LogP contribution in [-0.2, 0) is 9.47 Å². The summed E-state index contributed by atoms with van der Waals surface area (Å²) in [4.78, 5) is 0. The summed E-state index contributed by atoms with van der Waals surface area (Å²) < 4.78 is 10.6. The largest absolute Gasteiger partial charge is 0.393 e.